The molecular formula is C21H29N3O3. The molecule has 6 nitrogen and oxygen atoms in total. The van der Waals surface area contributed by atoms with E-state index in [2.05, 4.69) is 10.4 Å². The summed E-state index contributed by atoms with van der Waals surface area (Å²) >= 11 is 0. The van der Waals surface area contributed by atoms with Crippen molar-refractivity contribution in [2.75, 3.05) is 6.61 Å². The number of nitrogens with zero attached hydrogens (tertiary/aromatic N) is 2. The van der Waals surface area contributed by atoms with E-state index >= 15 is 0 Å². The van der Waals surface area contributed by atoms with Crippen LogP contribution >= 0.6 is 0 Å². The van der Waals surface area contributed by atoms with Gasteiger partial charge in [-0.1, -0.05) is 43.7 Å². The molecule has 0 spiro atoms. The minimum absolute atomic E-state index is 0.0249. The number of amides is 1. The van der Waals surface area contributed by atoms with Crippen molar-refractivity contribution in [3.63, 3.8) is 0 Å². The quantitative estimate of drug-likeness (QED) is 0.759. The molecule has 1 aromatic carbocycles. The molecule has 2 aromatic rings. The molecule has 1 N–H and O–H groups in total. The van der Waals surface area contributed by atoms with Crippen molar-refractivity contribution >= 4 is 11.9 Å². The molecule has 146 valence electrons. The van der Waals surface area contributed by atoms with Crippen LogP contribution in [0.2, 0.25) is 0 Å². The minimum Gasteiger partial charge on any atom is -0.452 e. The Morgan fingerprint density at radius 2 is 1.74 bits per heavy atom. The van der Waals surface area contributed by atoms with Gasteiger partial charge >= 0.3 is 5.97 Å². The second kappa shape index (κ2) is 8.84. The van der Waals surface area contributed by atoms with Gasteiger partial charge in [-0.25, -0.2) is 4.79 Å². The molecule has 2 rings (SSSR count). The van der Waals surface area contributed by atoms with Crippen LogP contribution in [0.25, 0.3) is 0 Å². The van der Waals surface area contributed by atoms with Crippen molar-refractivity contribution in [2.24, 2.45) is 5.92 Å². The summed E-state index contributed by atoms with van der Waals surface area (Å²) in [5.41, 5.74) is 4.05. The standard InChI is InChI=1S/C21H29N3O3/c1-13(2)15(4)22-19(25)12-27-21(26)20-16(5)23-24(17(20)6)11-18-9-7-14(3)8-10-18/h7-10,13,15H,11-12H2,1-6H3,(H,22,25)/t15-/m1/s1. The lowest BCUT2D eigenvalue weighted by atomic mass is 10.1. The fraction of sp³-hybridized carbons (Fsp3) is 0.476. The van der Waals surface area contributed by atoms with Gasteiger partial charge in [0.1, 0.15) is 5.56 Å². The van der Waals surface area contributed by atoms with E-state index in [1.54, 1.807) is 11.6 Å². The molecule has 1 heterocycles. The molecule has 0 aliphatic rings. The Hall–Kier alpha value is -2.63. The van der Waals surface area contributed by atoms with E-state index in [0.717, 1.165) is 11.3 Å². The van der Waals surface area contributed by atoms with Crippen LogP contribution in [-0.2, 0) is 16.1 Å². The van der Waals surface area contributed by atoms with Crippen LogP contribution in [0, 0.1) is 26.7 Å². The molecule has 0 fully saturated rings. The first-order valence-electron chi connectivity index (χ1n) is 9.25. The number of hydrogen-bond acceptors (Lipinski definition) is 4. The monoisotopic (exact) mass is 371 g/mol. The van der Waals surface area contributed by atoms with Gasteiger partial charge in [0.15, 0.2) is 6.61 Å². The van der Waals surface area contributed by atoms with E-state index < -0.39 is 5.97 Å². The normalized spacial score (nSPS) is 12.1. The van der Waals surface area contributed by atoms with Gasteiger partial charge in [0.2, 0.25) is 0 Å². The third kappa shape index (κ3) is 5.42. The molecule has 1 aromatic heterocycles. The number of hydrogen-bond donors (Lipinski definition) is 1. The molecule has 27 heavy (non-hydrogen) atoms. The van der Waals surface area contributed by atoms with Gasteiger partial charge in [0, 0.05) is 6.04 Å². The van der Waals surface area contributed by atoms with E-state index in [4.69, 9.17) is 4.74 Å². The second-order valence-electron chi connectivity index (χ2n) is 7.37. The van der Waals surface area contributed by atoms with Crippen molar-refractivity contribution in [1.82, 2.24) is 15.1 Å². The van der Waals surface area contributed by atoms with Gasteiger partial charge in [-0.15, -0.1) is 0 Å². The molecule has 0 radical (unpaired) electrons. The van der Waals surface area contributed by atoms with Crippen LogP contribution < -0.4 is 5.32 Å². The number of benzene rings is 1. The van der Waals surface area contributed by atoms with Crippen molar-refractivity contribution < 1.29 is 14.3 Å². The van der Waals surface area contributed by atoms with E-state index in [-0.39, 0.29) is 18.6 Å². The Morgan fingerprint density at radius 1 is 1.11 bits per heavy atom. The Bertz CT molecular complexity index is 807. The Morgan fingerprint density at radius 3 is 2.33 bits per heavy atom. The molecule has 0 aliphatic heterocycles. The zero-order chi connectivity index (χ0) is 20.1. The fourth-order valence-corrected chi connectivity index (χ4v) is 2.68. The summed E-state index contributed by atoms with van der Waals surface area (Å²) in [4.78, 5) is 24.4. The first kappa shape index (κ1) is 20.7. The summed E-state index contributed by atoms with van der Waals surface area (Å²) in [6.45, 7) is 11.9. The van der Waals surface area contributed by atoms with Crippen LogP contribution in [-0.4, -0.2) is 34.3 Å². The predicted molar refractivity (Wildman–Crippen MR) is 105 cm³/mol. The highest BCUT2D eigenvalue weighted by Crippen LogP contribution is 2.16. The first-order valence-corrected chi connectivity index (χ1v) is 9.25. The lowest BCUT2D eigenvalue weighted by molar-refractivity contribution is -0.125. The third-order valence-electron chi connectivity index (χ3n) is 4.76. The lowest BCUT2D eigenvalue weighted by Gasteiger charge is -2.17. The predicted octanol–water partition coefficient (Wildman–Crippen LogP) is 3.17. The number of aryl methyl sites for hydroxylation is 2. The molecule has 0 saturated heterocycles. The van der Waals surface area contributed by atoms with Gasteiger partial charge in [0.25, 0.3) is 5.91 Å². The number of ether oxygens (including phenoxy) is 1. The average Bonchev–Trinajstić information content (AvgIpc) is 2.88. The molecule has 1 atom stereocenters. The topological polar surface area (TPSA) is 73.2 Å². The maximum absolute atomic E-state index is 12.5. The number of esters is 1. The van der Waals surface area contributed by atoms with Gasteiger partial charge in [0.05, 0.1) is 17.9 Å². The van der Waals surface area contributed by atoms with Crippen molar-refractivity contribution in [3.05, 3.63) is 52.3 Å². The Kier molecular flexibility index (Phi) is 6.77. The Labute approximate surface area is 160 Å². The van der Waals surface area contributed by atoms with Gasteiger partial charge in [-0.3, -0.25) is 9.48 Å². The van der Waals surface area contributed by atoms with Gasteiger partial charge in [-0.05, 0) is 39.2 Å². The van der Waals surface area contributed by atoms with Crippen LogP contribution in [0.15, 0.2) is 24.3 Å². The van der Waals surface area contributed by atoms with E-state index in [0.29, 0.717) is 23.7 Å². The highest BCUT2D eigenvalue weighted by molar-refractivity contribution is 5.93. The maximum atomic E-state index is 12.5. The SMILES string of the molecule is Cc1ccc(Cn2nc(C)c(C(=O)OCC(=O)N[C@H](C)C(C)C)c2C)cc1. The molecule has 0 unspecified atom stereocenters. The van der Waals surface area contributed by atoms with E-state index in [9.17, 15) is 9.59 Å². The number of carbonyl (C=O) groups is 2. The fourth-order valence-electron chi connectivity index (χ4n) is 2.68. The van der Waals surface area contributed by atoms with E-state index in [1.807, 2.05) is 58.9 Å². The summed E-state index contributed by atoms with van der Waals surface area (Å²) in [7, 11) is 0. The average molecular weight is 371 g/mol. The smallest absolute Gasteiger partial charge is 0.342 e. The molecule has 1 amide bonds. The van der Waals surface area contributed by atoms with E-state index in [1.165, 1.54) is 5.56 Å². The van der Waals surface area contributed by atoms with Crippen LogP contribution in [0.3, 0.4) is 0 Å². The van der Waals surface area contributed by atoms with Crippen molar-refractivity contribution in [2.45, 2.75) is 54.1 Å². The zero-order valence-corrected chi connectivity index (χ0v) is 17.0. The van der Waals surface area contributed by atoms with Crippen molar-refractivity contribution in [3.8, 4) is 0 Å². The van der Waals surface area contributed by atoms with Gasteiger partial charge < -0.3 is 10.1 Å². The molecule has 0 bridgehead atoms. The maximum Gasteiger partial charge on any atom is 0.342 e. The highest BCUT2D eigenvalue weighted by Gasteiger charge is 2.21. The summed E-state index contributed by atoms with van der Waals surface area (Å²) in [5, 5.41) is 7.28. The molecular weight excluding hydrogens is 342 g/mol. The minimum atomic E-state index is -0.521. The number of nitrogens with one attached hydrogen (secondary N) is 1. The van der Waals surface area contributed by atoms with Crippen LogP contribution in [0.5, 0.6) is 0 Å². The summed E-state index contributed by atoms with van der Waals surface area (Å²) in [5.74, 6) is -0.506. The Balaban J connectivity index is 2.03. The number of carbonyl (C=O) groups excluding carboxylic acids is 2. The molecule has 6 heteroatoms. The van der Waals surface area contributed by atoms with Gasteiger partial charge in [-0.2, -0.15) is 5.10 Å². The lowest BCUT2D eigenvalue weighted by Crippen LogP contribution is -2.38. The summed E-state index contributed by atoms with van der Waals surface area (Å²) in [6.07, 6.45) is 0. The van der Waals surface area contributed by atoms with Crippen LogP contribution in [0.1, 0.15) is 53.6 Å². The number of aromatic nitrogens is 2. The number of rotatable bonds is 7. The molecule has 0 aliphatic carbocycles. The van der Waals surface area contributed by atoms with Crippen molar-refractivity contribution in [1.29, 1.82) is 0 Å². The highest BCUT2D eigenvalue weighted by atomic mass is 16.5. The van der Waals surface area contributed by atoms with Crippen LogP contribution in [0.4, 0.5) is 0 Å². The molecule has 0 saturated carbocycles. The first-order chi connectivity index (χ1) is 12.7. The summed E-state index contributed by atoms with van der Waals surface area (Å²) < 4.78 is 7.00. The third-order valence-corrected chi connectivity index (χ3v) is 4.76. The zero-order valence-electron chi connectivity index (χ0n) is 17.0. The second-order valence-corrected chi connectivity index (χ2v) is 7.37. The summed E-state index contributed by atoms with van der Waals surface area (Å²) in [6, 6.07) is 8.21. The largest absolute Gasteiger partial charge is 0.452 e.